The van der Waals surface area contributed by atoms with Gasteiger partial charge in [-0.3, -0.25) is 4.79 Å². The molecule has 2 heterocycles. The van der Waals surface area contributed by atoms with Crippen molar-refractivity contribution in [3.05, 3.63) is 42.6 Å². The zero-order valence-electron chi connectivity index (χ0n) is 13.5. The molecule has 1 N–H and O–H groups in total. The fourth-order valence-electron chi connectivity index (χ4n) is 2.65. The Balaban J connectivity index is 1.93. The summed E-state index contributed by atoms with van der Waals surface area (Å²) in [6.07, 6.45) is 0.294. The fraction of sp³-hybridized carbons (Fsp3) is 0.353. The highest BCUT2D eigenvalue weighted by Gasteiger charge is 2.37. The van der Waals surface area contributed by atoms with E-state index in [0.29, 0.717) is 30.1 Å². The van der Waals surface area contributed by atoms with Crippen LogP contribution in [0.5, 0.6) is 5.88 Å². The molecule has 0 amide bonds. The molecule has 0 radical (unpaired) electrons. The lowest BCUT2D eigenvalue weighted by molar-refractivity contribution is -0.142. The maximum atomic E-state index is 14.2. The van der Waals surface area contributed by atoms with Crippen LogP contribution in [0.15, 0.2) is 36.9 Å². The average Bonchev–Trinajstić information content (AvgIpc) is 3.09. The Hall–Kier alpha value is -2.61. The van der Waals surface area contributed by atoms with Crippen LogP contribution in [-0.4, -0.2) is 41.7 Å². The number of hydrogen-bond acceptors (Lipinski definition) is 6. The second-order valence-corrected chi connectivity index (χ2v) is 5.65. The van der Waals surface area contributed by atoms with Gasteiger partial charge in [-0.25, -0.2) is 9.97 Å². The number of rotatable bonds is 5. The van der Waals surface area contributed by atoms with Crippen molar-refractivity contribution in [2.45, 2.75) is 24.5 Å². The third-order valence-corrected chi connectivity index (χ3v) is 3.97. The summed E-state index contributed by atoms with van der Waals surface area (Å²) in [5.41, 5.74) is 0.183. The Morgan fingerprint density at radius 2 is 2.04 bits per heavy atom. The number of alkyl halides is 2. The van der Waals surface area contributed by atoms with E-state index in [1.807, 2.05) is 0 Å². The summed E-state index contributed by atoms with van der Waals surface area (Å²) in [7, 11) is 1.29. The summed E-state index contributed by atoms with van der Waals surface area (Å²) in [4.78, 5) is 19.8. The van der Waals surface area contributed by atoms with Crippen LogP contribution in [0, 0.1) is 0 Å². The third-order valence-electron chi connectivity index (χ3n) is 3.97. The van der Waals surface area contributed by atoms with E-state index < -0.39 is 29.7 Å². The second-order valence-electron chi connectivity index (χ2n) is 5.65. The van der Waals surface area contributed by atoms with Crippen LogP contribution >= 0.6 is 0 Å². The quantitative estimate of drug-likeness (QED) is 0.659. The number of fused-ring (bicyclic) bond motifs is 1. The van der Waals surface area contributed by atoms with E-state index in [-0.39, 0.29) is 5.88 Å². The normalized spacial score (nSPS) is 20.4. The SMILES string of the molecule is C=CC(F)(F)c1nc2ccccc2nc1O[C@H]1CN[C@H](C(=O)OC)C1. The molecule has 0 bridgehead atoms. The van der Waals surface area contributed by atoms with Crippen LogP contribution in [0.3, 0.4) is 0 Å². The molecular weight excluding hydrogens is 332 g/mol. The van der Waals surface area contributed by atoms with E-state index in [2.05, 4.69) is 26.6 Å². The molecule has 0 saturated carbocycles. The number of nitrogens with zero attached hydrogens (tertiary/aromatic N) is 2. The fourth-order valence-corrected chi connectivity index (χ4v) is 2.65. The van der Waals surface area contributed by atoms with E-state index in [4.69, 9.17) is 4.74 Å². The van der Waals surface area contributed by atoms with Gasteiger partial charge in [-0.05, 0) is 18.2 Å². The molecule has 2 atom stereocenters. The number of carbonyl (C=O) groups excluding carboxylic acids is 1. The van der Waals surface area contributed by atoms with Gasteiger partial charge in [0.15, 0.2) is 5.69 Å². The van der Waals surface area contributed by atoms with E-state index in [9.17, 15) is 13.6 Å². The second kappa shape index (κ2) is 6.72. The van der Waals surface area contributed by atoms with Crippen molar-refractivity contribution in [3.8, 4) is 5.88 Å². The molecule has 8 heteroatoms. The first kappa shape index (κ1) is 17.2. The van der Waals surface area contributed by atoms with Crippen LogP contribution in [0.25, 0.3) is 11.0 Å². The molecule has 3 rings (SSSR count). The molecule has 1 fully saturated rings. The van der Waals surface area contributed by atoms with Crippen molar-refractivity contribution in [3.63, 3.8) is 0 Å². The molecular formula is C17H17F2N3O3. The number of ether oxygens (including phenoxy) is 2. The van der Waals surface area contributed by atoms with Gasteiger partial charge in [-0.15, -0.1) is 0 Å². The van der Waals surface area contributed by atoms with E-state index in [0.717, 1.165) is 0 Å². The molecule has 1 aromatic carbocycles. The first-order chi connectivity index (χ1) is 11.9. The van der Waals surface area contributed by atoms with Crippen molar-refractivity contribution in [1.29, 1.82) is 0 Å². The minimum absolute atomic E-state index is 0.263. The summed E-state index contributed by atoms with van der Waals surface area (Å²) in [5, 5.41) is 2.93. The van der Waals surface area contributed by atoms with Gasteiger partial charge in [0.2, 0.25) is 5.88 Å². The smallest absolute Gasteiger partial charge is 0.323 e. The molecule has 0 aliphatic carbocycles. The number of methoxy groups -OCH3 is 1. The first-order valence-corrected chi connectivity index (χ1v) is 7.71. The summed E-state index contributed by atoms with van der Waals surface area (Å²) in [5.74, 6) is -4.08. The topological polar surface area (TPSA) is 73.3 Å². The Morgan fingerprint density at radius 3 is 2.68 bits per heavy atom. The summed E-state index contributed by atoms with van der Waals surface area (Å²) in [6, 6.07) is 6.15. The van der Waals surface area contributed by atoms with Crippen molar-refractivity contribution in [1.82, 2.24) is 15.3 Å². The molecule has 132 valence electrons. The Labute approximate surface area is 142 Å². The third kappa shape index (κ3) is 3.43. The van der Waals surface area contributed by atoms with Crippen LogP contribution in [0.1, 0.15) is 12.1 Å². The van der Waals surface area contributed by atoms with Gasteiger partial charge >= 0.3 is 11.9 Å². The van der Waals surface area contributed by atoms with Crippen molar-refractivity contribution in [2.75, 3.05) is 13.7 Å². The Morgan fingerprint density at radius 1 is 1.36 bits per heavy atom. The molecule has 2 aromatic rings. The molecule has 1 aliphatic rings. The molecule has 1 saturated heterocycles. The molecule has 6 nitrogen and oxygen atoms in total. The van der Waals surface area contributed by atoms with Gasteiger partial charge in [0.25, 0.3) is 0 Å². The van der Waals surface area contributed by atoms with Crippen LogP contribution < -0.4 is 10.1 Å². The van der Waals surface area contributed by atoms with Gasteiger partial charge in [0.1, 0.15) is 12.1 Å². The lowest BCUT2D eigenvalue weighted by Gasteiger charge is -2.18. The average molecular weight is 349 g/mol. The lowest BCUT2D eigenvalue weighted by Crippen LogP contribution is -2.31. The predicted octanol–water partition coefficient (Wildman–Crippen LogP) is 2.19. The van der Waals surface area contributed by atoms with Crippen LogP contribution in [0.4, 0.5) is 8.78 Å². The highest BCUT2D eigenvalue weighted by Crippen LogP contribution is 2.35. The minimum Gasteiger partial charge on any atom is -0.471 e. The van der Waals surface area contributed by atoms with Crippen molar-refractivity contribution >= 4 is 17.0 Å². The Bertz CT molecular complexity index is 813. The maximum absolute atomic E-state index is 14.2. The lowest BCUT2D eigenvalue weighted by atomic mass is 10.2. The Kier molecular flexibility index (Phi) is 4.63. The number of aromatic nitrogens is 2. The first-order valence-electron chi connectivity index (χ1n) is 7.71. The monoisotopic (exact) mass is 349 g/mol. The van der Waals surface area contributed by atoms with E-state index in [1.54, 1.807) is 24.3 Å². The van der Waals surface area contributed by atoms with Gasteiger partial charge in [-0.2, -0.15) is 8.78 Å². The van der Waals surface area contributed by atoms with Crippen LogP contribution in [0.2, 0.25) is 0 Å². The molecule has 1 aliphatic heterocycles. The van der Waals surface area contributed by atoms with Gasteiger partial charge < -0.3 is 14.8 Å². The highest BCUT2D eigenvalue weighted by atomic mass is 19.3. The standard InChI is InChI=1S/C17H17F2N3O3/c1-3-17(18,19)14-15(22-12-7-5-4-6-11(12)21-14)25-10-8-13(20-9-10)16(23)24-2/h3-7,10,13,20H,1,8-9H2,2H3/t10-,13+/m1/s1. The number of carbonyl (C=O) groups is 1. The number of halogens is 2. The molecule has 0 unspecified atom stereocenters. The van der Waals surface area contributed by atoms with Gasteiger partial charge in [-0.1, -0.05) is 18.7 Å². The van der Waals surface area contributed by atoms with Crippen molar-refractivity contribution in [2.24, 2.45) is 0 Å². The number of benzene rings is 1. The van der Waals surface area contributed by atoms with Gasteiger partial charge in [0.05, 0.1) is 18.1 Å². The maximum Gasteiger partial charge on any atom is 0.323 e. The molecule has 1 aromatic heterocycles. The summed E-state index contributed by atoms with van der Waals surface area (Å²) < 4.78 is 38.8. The zero-order chi connectivity index (χ0) is 18.0. The van der Waals surface area contributed by atoms with Crippen LogP contribution in [-0.2, 0) is 15.5 Å². The summed E-state index contributed by atoms with van der Waals surface area (Å²) >= 11 is 0. The predicted molar refractivity (Wildman–Crippen MR) is 86.5 cm³/mol. The summed E-state index contributed by atoms with van der Waals surface area (Å²) in [6.45, 7) is 3.47. The number of hydrogen-bond donors (Lipinski definition) is 1. The molecule has 25 heavy (non-hydrogen) atoms. The number of para-hydroxylation sites is 2. The van der Waals surface area contributed by atoms with Crippen molar-refractivity contribution < 1.29 is 23.0 Å². The molecule has 0 spiro atoms. The minimum atomic E-state index is -3.39. The highest BCUT2D eigenvalue weighted by molar-refractivity contribution is 5.76. The zero-order valence-corrected chi connectivity index (χ0v) is 13.5. The van der Waals surface area contributed by atoms with E-state index >= 15 is 0 Å². The number of esters is 1. The van der Waals surface area contributed by atoms with E-state index in [1.165, 1.54) is 7.11 Å². The largest absolute Gasteiger partial charge is 0.471 e. The number of nitrogens with one attached hydrogen (secondary N) is 1. The van der Waals surface area contributed by atoms with Gasteiger partial charge in [0, 0.05) is 13.0 Å². The number of allylic oxidation sites excluding steroid dienone is 1.